The first kappa shape index (κ1) is 22.9. The Hall–Kier alpha value is -3.23. The molecule has 9 nitrogen and oxygen atoms in total. The number of pyridine rings is 1. The van der Waals surface area contributed by atoms with Gasteiger partial charge in [-0.1, -0.05) is 26.3 Å². The lowest BCUT2D eigenvalue weighted by molar-refractivity contribution is -0.126. The van der Waals surface area contributed by atoms with E-state index in [2.05, 4.69) is 30.7 Å². The van der Waals surface area contributed by atoms with Crippen LogP contribution in [0.4, 0.5) is 10.6 Å². The normalized spacial score (nSPS) is 23.1. The van der Waals surface area contributed by atoms with Gasteiger partial charge >= 0.3 is 6.03 Å². The van der Waals surface area contributed by atoms with E-state index in [1.54, 1.807) is 12.1 Å². The van der Waals surface area contributed by atoms with Gasteiger partial charge in [-0.05, 0) is 31.9 Å². The molecule has 33 heavy (non-hydrogen) atoms. The zero-order valence-corrected chi connectivity index (χ0v) is 20.0. The summed E-state index contributed by atoms with van der Waals surface area (Å²) in [5, 5.41) is 0. The molecule has 1 aromatic rings. The number of amides is 4. The Balaban J connectivity index is 1.42. The Morgan fingerprint density at radius 3 is 2.42 bits per heavy atom. The van der Waals surface area contributed by atoms with E-state index in [0.29, 0.717) is 30.9 Å². The molecule has 0 saturated carbocycles. The molecule has 0 spiro atoms. The summed E-state index contributed by atoms with van der Waals surface area (Å²) in [6, 6.07) is 2.37. The molecule has 1 atom stereocenters. The molecule has 4 amide bonds. The van der Waals surface area contributed by atoms with Gasteiger partial charge in [0.1, 0.15) is 17.7 Å². The van der Waals surface area contributed by atoms with Crippen LogP contribution >= 0.6 is 0 Å². The number of carbonyl (C=O) groups excluding carboxylic acids is 3. The van der Waals surface area contributed by atoms with Gasteiger partial charge in [-0.2, -0.15) is 0 Å². The van der Waals surface area contributed by atoms with Crippen molar-refractivity contribution in [3.63, 3.8) is 0 Å². The lowest BCUT2D eigenvalue weighted by atomic mass is 9.82. The van der Waals surface area contributed by atoms with Crippen LogP contribution in [0.15, 0.2) is 35.1 Å². The number of hydrogen-bond donors (Lipinski definition) is 0. The van der Waals surface area contributed by atoms with Crippen molar-refractivity contribution in [1.29, 1.82) is 0 Å². The zero-order chi connectivity index (χ0) is 23.9. The Morgan fingerprint density at radius 2 is 1.85 bits per heavy atom. The van der Waals surface area contributed by atoms with Gasteiger partial charge in [0.25, 0.3) is 11.8 Å². The summed E-state index contributed by atoms with van der Waals surface area (Å²) >= 11 is 0. The van der Waals surface area contributed by atoms with Crippen LogP contribution in [-0.2, 0) is 4.79 Å². The molecule has 2 saturated heterocycles. The molecule has 0 N–H and O–H groups in total. The predicted octanol–water partition coefficient (Wildman–Crippen LogP) is 2.75. The summed E-state index contributed by atoms with van der Waals surface area (Å²) in [6.45, 7) is 11.1. The molecule has 0 aliphatic carbocycles. The topological polar surface area (TPSA) is 89.4 Å². The van der Waals surface area contributed by atoms with Crippen LogP contribution in [0.25, 0.3) is 0 Å². The van der Waals surface area contributed by atoms with E-state index in [1.165, 1.54) is 23.7 Å². The fraction of sp³-hybridized carbons (Fsp3) is 0.542. The number of anilines is 1. The minimum Gasteiger partial charge on any atom is -0.356 e. The minimum absolute atomic E-state index is 0.0103. The number of carbonyl (C=O) groups is 3. The molecule has 1 unspecified atom stereocenters. The third-order valence-corrected chi connectivity index (χ3v) is 6.65. The largest absolute Gasteiger partial charge is 0.356 e. The highest BCUT2D eigenvalue weighted by Crippen LogP contribution is 2.32. The third kappa shape index (κ3) is 4.12. The van der Waals surface area contributed by atoms with Crippen molar-refractivity contribution >= 4 is 29.5 Å². The quantitative estimate of drug-likeness (QED) is 0.658. The number of likely N-dealkylation sites (N-methyl/N-ethyl adjacent to an activating group) is 1. The summed E-state index contributed by atoms with van der Waals surface area (Å²) in [5.41, 5.74) is 1.75. The SMILES string of the molecule is CCC1C(=O)N(C)C(=O)N1c1ccc(C(=O)N2CCN(C3=NC=C(C)CC3(C)C)CC2)cn1. The van der Waals surface area contributed by atoms with Crippen LogP contribution in [0.2, 0.25) is 0 Å². The Labute approximate surface area is 194 Å². The van der Waals surface area contributed by atoms with Gasteiger partial charge in [-0.15, -0.1) is 0 Å². The highest BCUT2D eigenvalue weighted by atomic mass is 16.2. The molecule has 9 heteroatoms. The number of urea groups is 1. The Kier molecular flexibility index (Phi) is 5.99. The maximum atomic E-state index is 13.1. The number of allylic oxidation sites excluding steroid dienone is 1. The minimum atomic E-state index is -0.560. The zero-order valence-electron chi connectivity index (χ0n) is 20.0. The van der Waals surface area contributed by atoms with Gasteiger partial charge in [0.05, 0.1) is 5.56 Å². The second kappa shape index (κ2) is 8.61. The number of rotatable bonds is 3. The van der Waals surface area contributed by atoms with Crippen molar-refractivity contribution in [1.82, 2.24) is 19.7 Å². The number of imide groups is 1. The number of hydrogen-bond acceptors (Lipinski definition) is 6. The molecule has 2 fully saturated rings. The summed E-state index contributed by atoms with van der Waals surface area (Å²) < 4.78 is 0. The maximum absolute atomic E-state index is 13.1. The smallest absolute Gasteiger partial charge is 0.332 e. The predicted molar refractivity (Wildman–Crippen MR) is 126 cm³/mol. The van der Waals surface area contributed by atoms with Crippen LogP contribution in [0.5, 0.6) is 0 Å². The number of amidine groups is 1. The van der Waals surface area contributed by atoms with E-state index in [-0.39, 0.29) is 17.2 Å². The number of piperazine rings is 1. The first-order valence-corrected chi connectivity index (χ1v) is 11.5. The van der Waals surface area contributed by atoms with Crippen LogP contribution < -0.4 is 4.90 Å². The fourth-order valence-electron chi connectivity index (χ4n) is 4.97. The van der Waals surface area contributed by atoms with Crippen molar-refractivity contribution in [2.45, 2.75) is 46.6 Å². The molecule has 1 aromatic heterocycles. The summed E-state index contributed by atoms with van der Waals surface area (Å²) in [4.78, 5) is 53.5. The van der Waals surface area contributed by atoms with Crippen LogP contribution in [0.3, 0.4) is 0 Å². The van der Waals surface area contributed by atoms with Crippen LogP contribution in [0.1, 0.15) is 50.9 Å². The first-order chi connectivity index (χ1) is 15.6. The van der Waals surface area contributed by atoms with E-state index in [1.807, 2.05) is 18.0 Å². The van der Waals surface area contributed by atoms with Gasteiger partial charge in [-0.3, -0.25) is 19.4 Å². The van der Waals surface area contributed by atoms with Gasteiger partial charge in [0.15, 0.2) is 0 Å². The second-order valence-corrected chi connectivity index (χ2v) is 9.65. The number of nitrogens with zero attached hydrogens (tertiary/aromatic N) is 6. The van der Waals surface area contributed by atoms with E-state index in [4.69, 9.17) is 4.99 Å². The Bertz CT molecular complexity index is 1020. The number of aliphatic imine (C=N–C) groups is 1. The lowest BCUT2D eigenvalue weighted by Gasteiger charge is -2.42. The average molecular weight is 453 g/mol. The highest BCUT2D eigenvalue weighted by molar-refractivity contribution is 6.13. The molecule has 176 valence electrons. The molecule has 3 aliphatic rings. The van der Waals surface area contributed by atoms with Crippen molar-refractivity contribution in [2.75, 3.05) is 38.1 Å². The highest BCUT2D eigenvalue weighted by Gasteiger charge is 2.43. The molecule has 0 radical (unpaired) electrons. The van der Waals surface area contributed by atoms with E-state index >= 15 is 0 Å². The van der Waals surface area contributed by atoms with Crippen molar-refractivity contribution < 1.29 is 14.4 Å². The van der Waals surface area contributed by atoms with Gasteiger partial charge in [-0.25, -0.2) is 14.8 Å². The molecule has 0 bridgehead atoms. The monoisotopic (exact) mass is 452 g/mol. The first-order valence-electron chi connectivity index (χ1n) is 11.5. The fourth-order valence-corrected chi connectivity index (χ4v) is 4.97. The summed E-state index contributed by atoms with van der Waals surface area (Å²) in [7, 11) is 1.47. The van der Waals surface area contributed by atoms with Gasteiger partial charge in [0.2, 0.25) is 0 Å². The summed E-state index contributed by atoms with van der Waals surface area (Å²) in [6.07, 6.45) is 4.93. The van der Waals surface area contributed by atoms with E-state index in [0.717, 1.165) is 30.2 Å². The molecule has 0 aromatic carbocycles. The van der Waals surface area contributed by atoms with Crippen LogP contribution in [0, 0.1) is 5.41 Å². The van der Waals surface area contributed by atoms with Crippen LogP contribution in [-0.4, -0.2) is 82.6 Å². The van der Waals surface area contributed by atoms with Crippen molar-refractivity contribution in [3.05, 3.63) is 35.7 Å². The average Bonchev–Trinajstić information content (AvgIpc) is 3.01. The second-order valence-electron chi connectivity index (χ2n) is 9.65. The van der Waals surface area contributed by atoms with Crippen molar-refractivity contribution in [2.24, 2.45) is 10.4 Å². The van der Waals surface area contributed by atoms with Gasteiger partial charge in [0, 0.05) is 51.0 Å². The molecule has 3 aliphatic heterocycles. The van der Waals surface area contributed by atoms with Gasteiger partial charge < -0.3 is 9.80 Å². The molecule has 4 rings (SSSR count). The van der Waals surface area contributed by atoms with E-state index in [9.17, 15) is 14.4 Å². The standard InChI is InChI=1S/C24H32N6O3/c1-6-18-21(32)27(5)23(33)30(18)19-8-7-17(15-25-19)20(31)28-9-11-29(12-10-28)22-24(3,4)13-16(2)14-26-22/h7-8,14-15,18H,6,9-13H2,1-5H3. The number of aromatic nitrogens is 1. The molecular formula is C24H32N6O3. The van der Waals surface area contributed by atoms with Crippen molar-refractivity contribution in [3.8, 4) is 0 Å². The molecule has 4 heterocycles. The summed E-state index contributed by atoms with van der Waals surface area (Å²) in [5.74, 6) is 1.15. The maximum Gasteiger partial charge on any atom is 0.332 e. The molecular weight excluding hydrogens is 420 g/mol. The third-order valence-electron chi connectivity index (χ3n) is 6.65. The Morgan fingerprint density at radius 1 is 1.15 bits per heavy atom. The van der Waals surface area contributed by atoms with E-state index < -0.39 is 12.1 Å². The lowest BCUT2D eigenvalue weighted by Crippen LogP contribution is -2.53.